The van der Waals surface area contributed by atoms with Gasteiger partial charge in [-0.25, -0.2) is 0 Å². The highest BCUT2D eigenvalue weighted by molar-refractivity contribution is 5.82. The first kappa shape index (κ1) is 18.8. The molecule has 6 heteroatoms. The number of aryl methyl sites for hydroxylation is 1. The summed E-state index contributed by atoms with van der Waals surface area (Å²) in [7, 11) is 1.77. The number of amides is 1. The number of guanidine groups is 1. The molecule has 27 heavy (non-hydrogen) atoms. The Morgan fingerprint density at radius 1 is 1.11 bits per heavy atom. The first-order valence-corrected chi connectivity index (χ1v) is 9.25. The summed E-state index contributed by atoms with van der Waals surface area (Å²) in [6.07, 6.45) is 0. The molecule has 0 radical (unpaired) electrons. The van der Waals surface area contributed by atoms with Gasteiger partial charge in [0.15, 0.2) is 5.96 Å². The Morgan fingerprint density at radius 2 is 1.85 bits per heavy atom. The molecule has 0 bridgehead atoms. The number of nitrogens with one attached hydrogen (secondary N) is 3. The van der Waals surface area contributed by atoms with Gasteiger partial charge in [-0.3, -0.25) is 9.79 Å². The van der Waals surface area contributed by atoms with Gasteiger partial charge in [0.2, 0.25) is 5.91 Å². The summed E-state index contributed by atoms with van der Waals surface area (Å²) in [6.45, 7) is 5.49. The molecule has 0 unspecified atom stereocenters. The molecule has 6 nitrogen and oxygen atoms in total. The van der Waals surface area contributed by atoms with Crippen molar-refractivity contribution in [1.82, 2.24) is 16.0 Å². The Morgan fingerprint density at radius 3 is 2.52 bits per heavy atom. The van der Waals surface area contributed by atoms with Crippen LogP contribution in [-0.2, 0) is 17.9 Å². The number of piperazine rings is 1. The van der Waals surface area contributed by atoms with Gasteiger partial charge in [-0.1, -0.05) is 42.0 Å². The fourth-order valence-corrected chi connectivity index (χ4v) is 3.10. The standard InChI is InChI=1S/C21H27N5O/c1-16-4-3-5-18(12-16)14-25-21(22-2)24-13-17-6-8-19(9-7-17)26-11-10-23-20(27)15-26/h3-9,12H,10-11,13-15H2,1-2H3,(H,23,27)(H2,22,24,25). The first-order valence-electron chi connectivity index (χ1n) is 9.25. The topological polar surface area (TPSA) is 68.8 Å². The van der Waals surface area contributed by atoms with Crippen LogP contribution in [-0.4, -0.2) is 38.5 Å². The van der Waals surface area contributed by atoms with Gasteiger partial charge in [0.25, 0.3) is 0 Å². The van der Waals surface area contributed by atoms with Crippen molar-refractivity contribution in [2.24, 2.45) is 4.99 Å². The molecule has 1 heterocycles. The lowest BCUT2D eigenvalue weighted by atomic mass is 10.1. The van der Waals surface area contributed by atoms with Crippen molar-refractivity contribution in [2.75, 3.05) is 31.6 Å². The summed E-state index contributed by atoms with van der Waals surface area (Å²) in [4.78, 5) is 17.9. The molecule has 1 aliphatic heterocycles. The van der Waals surface area contributed by atoms with E-state index in [1.165, 1.54) is 16.7 Å². The van der Waals surface area contributed by atoms with Gasteiger partial charge in [-0.05, 0) is 30.2 Å². The Kier molecular flexibility index (Phi) is 6.30. The summed E-state index contributed by atoms with van der Waals surface area (Å²) in [6, 6.07) is 16.7. The molecular weight excluding hydrogens is 338 g/mol. The molecule has 0 saturated carbocycles. The molecule has 0 aromatic heterocycles. The third-order valence-electron chi connectivity index (χ3n) is 4.57. The summed E-state index contributed by atoms with van der Waals surface area (Å²) in [5.74, 6) is 0.851. The Labute approximate surface area is 160 Å². The zero-order chi connectivity index (χ0) is 19.1. The lowest BCUT2D eigenvalue weighted by Gasteiger charge is -2.28. The van der Waals surface area contributed by atoms with E-state index < -0.39 is 0 Å². The van der Waals surface area contributed by atoms with Crippen molar-refractivity contribution >= 4 is 17.6 Å². The van der Waals surface area contributed by atoms with E-state index in [0.29, 0.717) is 19.6 Å². The number of aliphatic imine (C=N–C) groups is 1. The number of benzene rings is 2. The number of carbonyl (C=O) groups is 1. The van der Waals surface area contributed by atoms with Crippen LogP contribution in [0.4, 0.5) is 5.69 Å². The van der Waals surface area contributed by atoms with Gasteiger partial charge in [-0.15, -0.1) is 0 Å². The molecule has 1 aliphatic rings. The third kappa shape index (κ3) is 5.48. The second-order valence-corrected chi connectivity index (χ2v) is 6.71. The average Bonchev–Trinajstić information content (AvgIpc) is 2.69. The maximum atomic E-state index is 11.5. The molecule has 2 aromatic rings. The number of hydrogen-bond acceptors (Lipinski definition) is 3. The predicted molar refractivity (Wildman–Crippen MR) is 110 cm³/mol. The molecule has 1 amide bonds. The molecule has 0 spiro atoms. The third-order valence-corrected chi connectivity index (χ3v) is 4.57. The Bertz CT molecular complexity index is 800. The van der Waals surface area contributed by atoms with Crippen LogP contribution in [0.5, 0.6) is 0 Å². The van der Waals surface area contributed by atoms with Crippen LogP contribution < -0.4 is 20.9 Å². The van der Waals surface area contributed by atoms with Gasteiger partial charge in [0, 0.05) is 38.9 Å². The minimum absolute atomic E-state index is 0.0791. The molecule has 0 aliphatic carbocycles. The van der Waals surface area contributed by atoms with Gasteiger partial charge < -0.3 is 20.9 Å². The minimum Gasteiger partial charge on any atom is -0.360 e. The molecule has 0 atom stereocenters. The van der Waals surface area contributed by atoms with Crippen LogP contribution in [0, 0.1) is 6.92 Å². The predicted octanol–water partition coefficient (Wildman–Crippen LogP) is 1.80. The van der Waals surface area contributed by atoms with E-state index in [9.17, 15) is 4.79 Å². The van der Waals surface area contributed by atoms with E-state index in [1.54, 1.807) is 7.05 Å². The van der Waals surface area contributed by atoms with E-state index in [4.69, 9.17) is 0 Å². The largest absolute Gasteiger partial charge is 0.360 e. The van der Waals surface area contributed by atoms with Crippen LogP contribution in [0.3, 0.4) is 0 Å². The van der Waals surface area contributed by atoms with Crippen LogP contribution >= 0.6 is 0 Å². The van der Waals surface area contributed by atoms with Gasteiger partial charge >= 0.3 is 0 Å². The lowest BCUT2D eigenvalue weighted by molar-refractivity contribution is -0.120. The fraction of sp³-hybridized carbons (Fsp3) is 0.333. The van der Waals surface area contributed by atoms with E-state index >= 15 is 0 Å². The molecule has 3 N–H and O–H groups in total. The van der Waals surface area contributed by atoms with E-state index in [1.807, 2.05) is 0 Å². The number of anilines is 1. The summed E-state index contributed by atoms with van der Waals surface area (Å²) in [5.41, 5.74) is 4.73. The average molecular weight is 365 g/mol. The zero-order valence-electron chi connectivity index (χ0n) is 16.0. The van der Waals surface area contributed by atoms with Crippen molar-refractivity contribution in [3.63, 3.8) is 0 Å². The van der Waals surface area contributed by atoms with E-state index in [0.717, 1.165) is 24.7 Å². The van der Waals surface area contributed by atoms with Crippen LogP contribution in [0.2, 0.25) is 0 Å². The zero-order valence-corrected chi connectivity index (χ0v) is 16.0. The van der Waals surface area contributed by atoms with Crippen molar-refractivity contribution in [1.29, 1.82) is 0 Å². The van der Waals surface area contributed by atoms with Crippen LogP contribution in [0.1, 0.15) is 16.7 Å². The normalized spacial score (nSPS) is 14.7. The molecule has 1 fully saturated rings. The maximum absolute atomic E-state index is 11.5. The van der Waals surface area contributed by atoms with Gasteiger partial charge in [0.05, 0.1) is 6.54 Å². The van der Waals surface area contributed by atoms with E-state index in [-0.39, 0.29) is 5.91 Å². The van der Waals surface area contributed by atoms with Gasteiger partial charge in [0.1, 0.15) is 0 Å². The van der Waals surface area contributed by atoms with Crippen molar-refractivity contribution in [3.05, 3.63) is 65.2 Å². The highest BCUT2D eigenvalue weighted by Gasteiger charge is 2.16. The summed E-state index contributed by atoms with van der Waals surface area (Å²) in [5, 5.41) is 9.52. The monoisotopic (exact) mass is 365 g/mol. The van der Waals surface area contributed by atoms with Gasteiger partial charge in [-0.2, -0.15) is 0 Å². The molecule has 1 saturated heterocycles. The fourth-order valence-electron chi connectivity index (χ4n) is 3.10. The van der Waals surface area contributed by atoms with Crippen molar-refractivity contribution in [3.8, 4) is 0 Å². The summed E-state index contributed by atoms with van der Waals surface area (Å²) < 4.78 is 0. The first-order chi connectivity index (χ1) is 13.1. The quantitative estimate of drug-likeness (QED) is 0.558. The lowest BCUT2D eigenvalue weighted by Crippen LogP contribution is -2.47. The van der Waals surface area contributed by atoms with Crippen LogP contribution in [0.15, 0.2) is 53.5 Å². The van der Waals surface area contributed by atoms with Crippen molar-refractivity contribution < 1.29 is 4.79 Å². The number of nitrogens with zero attached hydrogens (tertiary/aromatic N) is 2. The highest BCUT2D eigenvalue weighted by atomic mass is 16.2. The summed E-state index contributed by atoms with van der Waals surface area (Å²) >= 11 is 0. The van der Waals surface area contributed by atoms with E-state index in [2.05, 4.69) is 81.3 Å². The molecule has 3 rings (SSSR count). The number of hydrogen-bond donors (Lipinski definition) is 3. The smallest absolute Gasteiger partial charge is 0.239 e. The minimum atomic E-state index is 0.0791. The Balaban J connectivity index is 1.50. The number of carbonyl (C=O) groups excluding carboxylic acids is 1. The molecule has 2 aromatic carbocycles. The highest BCUT2D eigenvalue weighted by Crippen LogP contribution is 2.16. The second kappa shape index (κ2) is 9.07. The molecular formula is C21H27N5O. The second-order valence-electron chi connectivity index (χ2n) is 6.71. The number of rotatable bonds is 5. The van der Waals surface area contributed by atoms with Crippen LogP contribution in [0.25, 0.3) is 0 Å². The Hall–Kier alpha value is -3.02. The SMILES string of the molecule is CN=C(NCc1ccc(N2CCNC(=O)C2)cc1)NCc1cccc(C)c1. The maximum Gasteiger partial charge on any atom is 0.239 e. The van der Waals surface area contributed by atoms with Crippen molar-refractivity contribution in [2.45, 2.75) is 20.0 Å². The molecule has 142 valence electrons.